The third-order valence-corrected chi connectivity index (χ3v) is 6.86. The number of hydrogen-bond donors (Lipinski definition) is 2. The number of aryl methyl sites for hydroxylation is 1. The van der Waals surface area contributed by atoms with E-state index in [4.69, 9.17) is 0 Å². The van der Waals surface area contributed by atoms with Gasteiger partial charge in [-0.25, -0.2) is 23.1 Å². The molecule has 2 heterocycles. The summed E-state index contributed by atoms with van der Waals surface area (Å²) in [7, 11) is -3.62. The Morgan fingerprint density at radius 1 is 1.17 bits per heavy atom. The van der Waals surface area contributed by atoms with Gasteiger partial charge in [0.25, 0.3) is 5.91 Å². The van der Waals surface area contributed by atoms with Gasteiger partial charge in [-0.2, -0.15) is 0 Å². The number of likely N-dealkylation sites (tertiary alicyclic amines) is 1. The van der Waals surface area contributed by atoms with E-state index in [9.17, 15) is 13.2 Å². The van der Waals surface area contributed by atoms with Crippen molar-refractivity contribution >= 4 is 21.9 Å². The number of nitrogens with zero attached hydrogens (tertiary/aromatic N) is 3. The van der Waals surface area contributed by atoms with Gasteiger partial charge in [-0.3, -0.25) is 4.79 Å². The van der Waals surface area contributed by atoms with E-state index >= 15 is 0 Å². The van der Waals surface area contributed by atoms with Crippen molar-refractivity contribution in [3.8, 4) is 0 Å². The molecule has 0 unspecified atom stereocenters. The molecule has 0 radical (unpaired) electrons. The fourth-order valence-electron chi connectivity index (χ4n) is 3.46. The molecule has 2 N–H and O–H groups in total. The van der Waals surface area contributed by atoms with Gasteiger partial charge in [0.2, 0.25) is 16.0 Å². The maximum atomic E-state index is 12.9. The molecule has 4 rings (SSSR count). The minimum absolute atomic E-state index is 0.0816. The standard InChI is InChI=1S/C21H27N5O3S/c1-15-4-8-17(9-5-15)30(28,29)23-11-10-19-18(20(27)26-12-2-3-13-26)14-22-21(25-19)24-16-6-7-16/h4-5,8-9,14,16,23H,2-3,6-7,10-13H2,1H3,(H,22,24,25). The predicted octanol–water partition coefficient (Wildman–Crippen LogP) is 2.12. The Bertz CT molecular complexity index is 1010. The summed E-state index contributed by atoms with van der Waals surface area (Å²) in [4.78, 5) is 23.8. The average Bonchev–Trinajstić information content (AvgIpc) is 3.36. The number of aromatic nitrogens is 2. The van der Waals surface area contributed by atoms with Crippen LogP contribution in [-0.4, -0.2) is 54.9 Å². The van der Waals surface area contributed by atoms with Crippen LogP contribution in [0.25, 0.3) is 0 Å². The quantitative estimate of drug-likeness (QED) is 0.666. The lowest BCUT2D eigenvalue weighted by Crippen LogP contribution is -2.31. The fraction of sp³-hybridized carbons (Fsp3) is 0.476. The van der Waals surface area contributed by atoms with Crippen LogP contribution in [0.5, 0.6) is 0 Å². The van der Waals surface area contributed by atoms with Gasteiger partial charge in [-0.15, -0.1) is 0 Å². The highest BCUT2D eigenvalue weighted by Gasteiger charge is 2.26. The molecule has 1 saturated heterocycles. The molecular formula is C21H27N5O3S. The molecule has 1 aromatic heterocycles. The summed E-state index contributed by atoms with van der Waals surface area (Å²) < 4.78 is 27.7. The summed E-state index contributed by atoms with van der Waals surface area (Å²) in [6, 6.07) is 7.09. The van der Waals surface area contributed by atoms with Gasteiger partial charge < -0.3 is 10.2 Å². The molecule has 1 amide bonds. The van der Waals surface area contributed by atoms with E-state index in [2.05, 4.69) is 20.0 Å². The maximum absolute atomic E-state index is 12.9. The molecule has 2 aliphatic rings. The van der Waals surface area contributed by atoms with Crippen LogP contribution in [0.1, 0.15) is 47.3 Å². The van der Waals surface area contributed by atoms with Crippen LogP contribution < -0.4 is 10.0 Å². The van der Waals surface area contributed by atoms with Gasteiger partial charge in [0.05, 0.1) is 16.2 Å². The van der Waals surface area contributed by atoms with Gasteiger partial charge in [0.15, 0.2) is 0 Å². The molecule has 0 bridgehead atoms. The molecule has 1 aromatic carbocycles. The number of amides is 1. The van der Waals surface area contributed by atoms with Crippen molar-refractivity contribution in [3.63, 3.8) is 0 Å². The number of benzene rings is 1. The SMILES string of the molecule is Cc1ccc(S(=O)(=O)NCCc2nc(NC3CC3)ncc2C(=O)N2CCCC2)cc1. The first-order valence-electron chi connectivity index (χ1n) is 10.4. The van der Waals surface area contributed by atoms with E-state index in [-0.39, 0.29) is 17.3 Å². The first-order valence-corrected chi connectivity index (χ1v) is 11.9. The van der Waals surface area contributed by atoms with Crippen LogP contribution in [0.3, 0.4) is 0 Å². The van der Waals surface area contributed by atoms with Gasteiger partial charge in [0.1, 0.15) is 0 Å². The largest absolute Gasteiger partial charge is 0.351 e. The lowest BCUT2D eigenvalue weighted by molar-refractivity contribution is 0.0791. The van der Waals surface area contributed by atoms with Crippen molar-refractivity contribution in [3.05, 3.63) is 47.3 Å². The number of hydrogen-bond acceptors (Lipinski definition) is 6. The van der Waals surface area contributed by atoms with E-state index in [1.807, 2.05) is 11.8 Å². The van der Waals surface area contributed by atoms with Crippen LogP contribution in [0, 0.1) is 6.92 Å². The third-order valence-electron chi connectivity index (χ3n) is 5.39. The molecule has 1 aliphatic carbocycles. The van der Waals surface area contributed by atoms with Crippen molar-refractivity contribution in [2.45, 2.75) is 50.0 Å². The van der Waals surface area contributed by atoms with E-state index in [1.54, 1.807) is 30.5 Å². The minimum atomic E-state index is -3.62. The topological polar surface area (TPSA) is 104 Å². The van der Waals surface area contributed by atoms with Gasteiger partial charge in [-0.05, 0) is 44.7 Å². The minimum Gasteiger partial charge on any atom is -0.351 e. The Labute approximate surface area is 177 Å². The second-order valence-electron chi connectivity index (χ2n) is 7.93. The van der Waals surface area contributed by atoms with Crippen molar-refractivity contribution in [2.75, 3.05) is 25.0 Å². The van der Waals surface area contributed by atoms with Crippen LogP contribution in [-0.2, 0) is 16.4 Å². The molecular weight excluding hydrogens is 402 g/mol. The molecule has 0 atom stereocenters. The molecule has 0 spiro atoms. The number of nitrogens with one attached hydrogen (secondary N) is 2. The molecule has 9 heteroatoms. The monoisotopic (exact) mass is 429 g/mol. The summed E-state index contributed by atoms with van der Waals surface area (Å²) >= 11 is 0. The number of sulfonamides is 1. The third kappa shape index (κ3) is 4.96. The zero-order valence-corrected chi connectivity index (χ0v) is 17.9. The van der Waals surface area contributed by atoms with Crippen molar-refractivity contribution in [2.24, 2.45) is 0 Å². The number of anilines is 1. The Balaban J connectivity index is 1.49. The van der Waals surface area contributed by atoms with Crippen molar-refractivity contribution in [1.82, 2.24) is 19.6 Å². The number of carbonyl (C=O) groups is 1. The molecule has 1 saturated carbocycles. The first kappa shape index (κ1) is 20.7. The molecule has 160 valence electrons. The first-order chi connectivity index (χ1) is 14.4. The van der Waals surface area contributed by atoms with Crippen molar-refractivity contribution in [1.29, 1.82) is 0 Å². The second kappa shape index (κ2) is 8.69. The second-order valence-corrected chi connectivity index (χ2v) is 9.70. The number of carbonyl (C=O) groups excluding carboxylic acids is 1. The molecule has 2 aromatic rings. The van der Waals surface area contributed by atoms with Crippen LogP contribution >= 0.6 is 0 Å². The normalized spacial score (nSPS) is 16.6. The van der Waals surface area contributed by atoms with Crippen LogP contribution in [0.4, 0.5) is 5.95 Å². The Kier molecular flexibility index (Phi) is 6.01. The highest BCUT2D eigenvalue weighted by Crippen LogP contribution is 2.24. The summed E-state index contributed by atoms with van der Waals surface area (Å²) in [5.74, 6) is 0.411. The Morgan fingerprint density at radius 3 is 2.53 bits per heavy atom. The van der Waals surface area contributed by atoms with Crippen molar-refractivity contribution < 1.29 is 13.2 Å². The van der Waals surface area contributed by atoms with Crippen LogP contribution in [0.2, 0.25) is 0 Å². The van der Waals surface area contributed by atoms with Gasteiger partial charge in [0, 0.05) is 38.3 Å². The highest BCUT2D eigenvalue weighted by molar-refractivity contribution is 7.89. The zero-order valence-electron chi connectivity index (χ0n) is 17.1. The molecule has 2 fully saturated rings. The lowest BCUT2D eigenvalue weighted by Gasteiger charge is -2.17. The Hall–Kier alpha value is -2.52. The smallest absolute Gasteiger partial charge is 0.257 e. The molecule has 8 nitrogen and oxygen atoms in total. The van der Waals surface area contributed by atoms with E-state index < -0.39 is 10.0 Å². The summed E-state index contributed by atoms with van der Waals surface area (Å²) in [6.45, 7) is 3.53. The van der Waals surface area contributed by atoms with Gasteiger partial charge >= 0.3 is 0 Å². The predicted molar refractivity (Wildman–Crippen MR) is 114 cm³/mol. The fourth-order valence-corrected chi connectivity index (χ4v) is 4.49. The Morgan fingerprint density at radius 2 is 1.87 bits per heavy atom. The van der Waals surface area contributed by atoms with E-state index in [1.165, 1.54) is 0 Å². The summed E-state index contributed by atoms with van der Waals surface area (Å²) in [6.07, 6.45) is 6.05. The lowest BCUT2D eigenvalue weighted by atomic mass is 10.1. The molecule has 30 heavy (non-hydrogen) atoms. The summed E-state index contributed by atoms with van der Waals surface area (Å²) in [5.41, 5.74) is 2.01. The molecule has 1 aliphatic heterocycles. The van der Waals surface area contributed by atoms with Gasteiger partial charge in [-0.1, -0.05) is 17.7 Å². The van der Waals surface area contributed by atoms with E-state index in [0.29, 0.717) is 29.7 Å². The number of rotatable bonds is 8. The highest BCUT2D eigenvalue weighted by atomic mass is 32.2. The zero-order chi connectivity index (χ0) is 21.1. The maximum Gasteiger partial charge on any atom is 0.257 e. The average molecular weight is 430 g/mol. The van der Waals surface area contributed by atoms with E-state index in [0.717, 1.165) is 44.3 Å². The summed E-state index contributed by atoms with van der Waals surface area (Å²) in [5, 5.41) is 3.24. The van der Waals surface area contributed by atoms with Crippen LogP contribution in [0.15, 0.2) is 35.4 Å².